The molecule has 0 aromatic carbocycles. The molecule has 0 radical (unpaired) electrons. The number of amides is 2. The molecule has 2 amide bonds. The van der Waals surface area contributed by atoms with E-state index in [0.717, 1.165) is 25.1 Å². The van der Waals surface area contributed by atoms with Crippen molar-refractivity contribution < 1.29 is 14.3 Å². The van der Waals surface area contributed by atoms with E-state index in [4.69, 9.17) is 4.74 Å². The van der Waals surface area contributed by atoms with Crippen LogP contribution in [-0.2, 0) is 0 Å². The number of aromatic nitrogens is 2. The van der Waals surface area contributed by atoms with Gasteiger partial charge in [-0.25, -0.2) is 4.98 Å². The summed E-state index contributed by atoms with van der Waals surface area (Å²) in [6.07, 6.45) is 7.37. The molecule has 3 heterocycles. The quantitative estimate of drug-likeness (QED) is 0.814. The first kappa shape index (κ1) is 19.4. The van der Waals surface area contributed by atoms with Gasteiger partial charge in [0, 0.05) is 49.7 Å². The van der Waals surface area contributed by atoms with Crippen molar-refractivity contribution in [3.8, 4) is 5.88 Å². The number of ether oxygens (including phenoxy) is 1. The van der Waals surface area contributed by atoms with E-state index in [1.807, 2.05) is 17.0 Å². The van der Waals surface area contributed by atoms with Crippen molar-refractivity contribution in [1.29, 1.82) is 0 Å². The molecule has 0 atom stereocenters. The Bertz CT molecular complexity index is 855. The lowest BCUT2D eigenvalue weighted by atomic mass is 9.92. The van der Waals surface area contributed by atoms with Crippen LogP contribution in [0.15, 0.2) is 36.7 Å². The Hall–Kier alpha value is -2.96. The highest BCUT2D eigenvalue weighted by Gasteiger charge is 2.26. The molecule has 1 saturated heterocycles. The Morgan fingerprint density at radius 1 is 1.03 bits per heavy atom. The monoisotopic (exact) mass is 394 g/mol. The van der Waals surface area contributed by atoms with Gasteiger partial charge in [0.05, 0.1) is 18.2 Å². The van der Waals surface area contributed by atoms with Crippen molar-refractivity contribution in [2.45, 2.75) is 31.6 Å². The summed E-state index contributed by atoms with van der Waals surface area (Å²) in [7, 11) is 1.55. The first-order chi connectivity index (χ1) is 14.1. The first-order valence-electron chi connectivity index (χ1n) is 10.2. The van der Waals surface area contributed by atoms with Gasteiger partial charge >= 0.3 is 0 Å². The Labute approximate surface area is 170 Å². The van der Waals surface area contributed by atoms with Crippen LogP contribution in [0.4, 0.5) is 0 Å². The van der Waals surface area contributed by atoms with Crippen LogP contribution in [0.1, 0.15) is 58.0 Å². The van der Waals surface area contributed by atoms with E-state index in [0.29, 0.717) is 41.9 Å². The molecule has 7 nitrogen and oxygen atoms in total. The lowest BCUT2D eigenvalue weighted by Gasteiger charge is -2.31. The average Bonchev–Trinajstić information content (AvgIpc) is 3.62. The second-order valence-electron chi connectivity index (χ2n) is 7.78. The number of hydrogen-bond acceptors (Lipinski definition) is 5. The SMILES string of the molecule is COc1ccc(C(=O)N2CCC(c3ccc(C(=O)NCC4CC4)cn3)CC2)cn1. The lowest BCUT2D eigenvalue weighted by Crippen LogP contribution is -2.38. The molecule has 2 aromatic heterocycles. The number of nitrogens with one attached hydrogen (secondary N) is 1. The predicted molar refractivity (Wildman–Crippen MR) is 108 cm³/mol. The normalized spacial score (nSPS) is 17.1. The third-order valence-electron chi connectivity index (χ3n) is 5.69. The molecule has 2 aliphatic rings. The summed E-state index contributed by atoms with van der Waals surface area (Å²) in [5.74, 6) is 1.40. The van der Waals surface area contributed by atoms with Gasteiger partial charge in [0.1, 0.15) is 0 Å². The minimum atomic E-state index is -0.0514. The highest BCUT2D eigenvalue weighted by atomic mass is 16.5. The molecular formula is C22H26N4O3. The summed E-state index contributed by atoms with van der Waals surface area (Å²) in [4.78, 5) is 35.3. The molecule has 0 spiro atoms. The van der Waals surface area contributed by atoms with E-state index in [9.17, 15) is 9.59 Å². The van der Waals surface area contributed by atoms with Gasteiger partial charge in [0.2, 0.25) is 5.88 Å². The fourth-order valence-electron chi connectivity index (χ4n) is 3.63. The van der Waals surface area contributed by atoms with Crippen LogP contribution >= 0.6 is 0 Å². The maximum Gasteiger partial charge on any atom is 0.255 e. The standard InChI is InChI=1S/C22H26N4O3/c1-29-20-7-5-18(14-24-20)22(28)26-10-8-16(9-11-26)19-6-4-17(13-23-19)21(27)25-12-15-2-3-15/h4-7,13-16H,2-3,8-12H2,1H3,(H,25,27). The molecule has 2 aromatic rings. The summed E-state index contributed by atoms with van der Waals surface area (Å²) in [6, 6.07) is 7.24. The number of likely N-dealkylation sites (tertiary alicyclic amines) is 1. The van der Waals surface area contributed by atoms with E-state index < -0.39 is 0 Å². The minimum absolute atomic E-state index is 0.00533. The van der Waals surface area contributed by atoms with Crippen molar-refractivity contribution in [2.24, 2.45) is 5.92 Å². The number of methoxy groups -OCH3 is 1. The van der Waals surface area contributed by atoms with Gasteiger partial charge < -0.3 is 15.0 Å². The minimum Gasteiger partial charge on any atom is -0.481 e. The molecule has 1 N–H and O–H groups in total. The molecule has 0 bridgehead atoms. The van der Waals surface area contributed by atoms with Crippen LogP contribution in [0.3, 0.4) is 0 Å². The molecule has 0 unspecified atom stereocenters. The molecule has 4 rings (SSSR count). The molecule has 1 aliphatic carbocycles. The predicted octanol–water partition coefficient (Wildman–Crippen LogP) is 2.64. The van der Waals surface area contributed by atoms with Crippen molar-refractivity contribution in [2.75, 3.05) is 26.7 Å². The zero-order valence-corrected chi connectivity index (χ0v) is 16.6. The molecule has 1 saturated carbocycles. The van der Waals surface area contributed by atoms with E-state index in [-0.39, 0.29) is 11.8 Å². The fraction of sp³-hybridized carbons (Fsp3) is 0.455. The third kappa shape index (κ3) is 4.72. The van der Waals surface area contributed by atoms with Crippen molar-refractivity contribution in [3.63, 3.8) is 0 Å². The number of carbonyl (C=O) groups is 2. The second kappa shape index (κ2) is 8.59. The smallest absolute Gasteiger partial charge is 0.255 e. The van der Waals surface area contributed by atoms with Crippen LogP contribution in [0.25, 0.3) is 0 Å². The van der Waals surface area contributed by atoms with Gasteiger partial charge in [0.15, 0.2) is 0 Å². The van der Waals surface area contributed by atoms with Gasteiger partial charge in [-0.1, -0.05) is 0 Å². The van der Waals surface area contributed by atoms with Gasteiger partial charge in [-0.3, -0.25) is 14.6 Å². The summed E-state index contributed by atoms with van der Waals surface area (Å²) >= 11 is 0. The van der Waals surface area contributed by atoms with Crippen molar-refractivity contribution >= 4 is 11.8 Å². The third-order valence-corrected chi connectivity index (χ3v) is 5.69. The summed E-state index contributed by atoms with van der Waals surface area (Å²) in [5, 5.41) is 2.96. The van der Waals surface area contributed by atoms with Crippen molar-refractivity contribution in [3.05, 3.63) is 53.5 Å². The molecular weight excluding hydrogens is 368 g/mol. The van der Waals surface area contributed by atoms with Crippen LogP contribution in [0.2, 0.25) is 0 Å². The number of pyridine rings is 2. The number of piperidine rings is 1. The highest BCUT2D eigenvalue weighted by molar-refractivity contribution is 5.94. The molecule has 1 aliphatic heterocycles. The second-order valence-corrected chi connectivity index (χ2v) is 7.78. The van der Waals surface area contributed by atoms with Crippen LogP contribution < -0.4 is 10.1 Å². The van der Waals surface area contributed by atoms with E-state index in [1.54, 1.807) is 31.6 Å². The number of hydrogen-bond donors (Lipinski definition) is 1. The summed E-state index contributed by atoms with van der Waals surface area (Å²) in [5.41, 5.74) is 2.17. The number of rotatable bonds is 6. The van der Waals surface area contributed by atoms with Crippen LogP contribution in [-0.4, -0.2) is 53.4 Å². The van der Waals surface area contributed by atoms with E-state index >= 15 is 0 Å². The van der Waals surface area contributed by atoms with Gasteiger partial charge in [-0.15, -0.1) is 0 Å². The maximum absolute atomic E-state index is 12.7. The van der Waals surface area contributed by atoms with Gasteiger partial charge in [0.25, 0.3) is 11.8 Å². The Kier molecular flexibility index (Phi) is 5.74. The van der Waals surface area contributed by atoms with Crippen LogP contribution in [0, 0.1) is 5.92 Å². The lowest BCUT2D eigenvalue weighted by molar-refractivity contribution is 0.0711. The number of carbonyl (C=O) groups excluding carboxylic acids is 2. The van der Waals surface area contributed by atoms with Gasteiger partial charge in [-0.05, 0) is 49.8 Å². The molecule has 7 heteroatoms. The highest BCUT2D eigenvalue weighted by Crippen LogP contribution is 2.28. The molecule has 152 valence electrons. The van der Waals surface area contributed by atoms with Gasteiger partial charge in [-0.2, -0.15) is 0 Å². The topological polar surface area (TPSA) is 84.4 Å². The summed E-state index contributed by atoms with van der Waals surface area (Å²) in [6.45, 7) is 2.12. The zero-order valence-electron chi connectivity index (χ0n) is 16.6. The maximum atomic E-state index is 12.7. The fourth-order valence-corrected chi connectivity index (χ4v) is 3.63. The zero-order chi connectivity index (χ0) is 20.2. The van der Waals surface area contributed by atoms with Crippen LogP contribution in [0.5, 0.6) is 5.88 Å². The molecule has 29 heavy (non-hydrogen) atoms. The first-order valence-corrected chi connectivity index (χ1v) is 10.2. The Morgan fingerprint density at radius 3 is 2.34 bits per heavy atom. The summed E-state index contributed by atoms with van der Waals surface area (Å²) < 4.78 is 5.04. The van der Waals surface area contributed by atoms with E-state index in [1.165, 1.54) is 12.8 Å². The Morgan fingerprint density at radius 2 is 1.76 bits per heavy atom. The largest absolute Gasteiger partial charge is 0.481 e. The Balaban J connectivity index is 1.30. The van der Waals surface area contributed by atoms with Crippen molar-refractivity contribution in [1.82, 2.24) is 20.2 Å². The van der Waals surface area contributed by atoms with E-state index in [2.05, 4.69) is 15.3 Å². The average molecular weight is 394 g/mol. The molecule has 2 fully saturated rings. The number of nitrogens with zero attached hydrogens (tertiary/aromatic N) is 3.